The molecule has 0 fully saturated rings. The molecular weight excluding hydrogens is 282 g/mol. The molecule has 1 N–H and O–H groups in total. The average molecular weight is 294 g/mol. The van der Waals surface area contributed by atoms with Crippen molar-refractivity contribution in [3.05, 3.63) is 46.8 Å². The maximum Gasteiger partial charge on any atom is 0.212 e. The normalized spacial score (nSPS) is 10.0. The Morgan fingerprint density at radius 2 is 2.18 bits per heavy atom. The van der Waals surface area contributed by atoms with Gasteiger partial charge < -0.3 is 10.1 Å². The van der Waals surface area contributed by atoms with Crippen molar-refractivity contribution in [3.8, 4) is 5.88 Å². The Bertz CT molecular complexity index is 487. The van der Waals surface area contributed by atoms with Gasteiger partial charge in [0, 0.05) is 29.5 Å². The van der Waals surface area contributed by atoms with E-state index in [2.05, 4.69) is 31.2 Å². The smallest absolute Gasteiger partial charge is 0.212 e. The second-order valence-electron chi connectivity index (χ2n) is 3.45. The summed E-state index contributed by atoms with van der Waals surface area (Å²) in [5.41, 5.74) is 2.06. The number of rotatable bonds is 4. The van der Waals surface area contributed by atoms with Gasteiger partial charge in [0.05, 0.1) is 19.0 Å². The van der Waals surface area contributed by atoms with E-state index in [1.807, 2.05) is 18.2 Å². The second-order valence-corrected chi connectivity index (χ2v) is 4.37. The zero-order valence-electron chi connectivity index (χ0n) is 9.35. The van der Waals surface area contributed by atoms with E-state index < -0.39 is 0 Å². The fourth-order valence-electron chi connectivity index (χ4n) is 1.35. The van der Waals surface area contributed by atoms with Crippen LogP contribution in [0.4, 0.5) is 5.69 Å². The van der Waals surface area contributed by atoms with Gasteiger partial charge >= 0.3 is 0 Å². The predicted molar refractivity (Wildman–Crippen MR) is 70.1 cm³/mol. The molecule has 0 radical (unpaired) electrons. The number of aromatic nitrogens is 2. The quantitative estimate of drug-likeness (QED) is 0.942. The summed E-state index contributed by atoms with van der Waals surface area (Å²) in [7, 11) is 1.60. The van der Waals surface area contributed by atoms with Gasteiger partial charge in [-0.3, -0.25) is 4.98 Å². The molecule has 0 atom stereocenters. The summed E-state index contributed by atoms with van der Waals surface area (Å²) in [4.78, 5) is 8.22. The zero-order valence-corrected chi connectivity index (χ0v) is 10.9. The van der Waals surface area contributed by atoms with E-state index in [0.29, 0.717) is 12.4 Å². The lowest BCUT2D eigenvalue weighted by Gasteiger charge is -2.06. The fourth-order valence-corrected chi connectivity index (χ4v) is 1.71. The molecule has 88 valence electrons. The van der Waals surface area contributed by atoms with Crippen molar-refractivity contribution in [2.75, 3.05) is 12.4 Å². The summed E-state index contributed by atoms with van der Waals surface area (Å²) in [5.74, 6) is 0.623. The zero-order chi connectivity index (χ0) is 12.1. The predicted octanol–water partition coefficient (Wildman–Crippen LogP) is 2.86. The van der Waals surface area contributed by atoms with Crippen LogP contribution in [0, 0.1) is 0 Å². The molecule has 0 saturated carbocycles. The number of ether oxygens (including phenoxy) is 1. The van der Waals surface area contributed by atoms with E-state index in [0.717, 1.165) is 15.7 Å². The first kappa shape index (κ1) is 11.9. The minimum absolute atomic E-state index is 0.623. The summed E-state index contributed by atoms with van der Waals surface area (Å²) in [6, 6.07) is 5.80. The molecule has 0 saturated heterocycles. The molecule has 2 aromatic heterocycles. The van der Waals surface area contributed by atoms with Crippen LogP contribution in [-0.2, 0) is 6.54 Å². The molecule has 0 amide bonds. The first-order valence-electron chi connectivity index (χ1n) is 5.11. The molecular formula is C12H12BrN3O. The maximum atomic E-state index is 5.00. The van der Waals surface area contributed by atoms with Gasteiger partial charge in [-0.25, -0.2) is 4.98 Å². The number of nitrogens with zero attached hydrogens (tertiary/aromatic N) is 2. The second kappa shape index (κ2) is 5.63. The molecule has 0 unspecified atom stereocenters. The van der Waals surface area contributed by atoms with E-state index in [1.54, 1.807) is 25.7 Å². The van der Waals surface area contributed by atoms with Crippen molar-refractivity contribution in [1.82, 2.24) is 9.97 Å². The number of pyridine rings is 2. The van der Waals surface area contributed by atoms with Gasteiger partial charge in [-0.1, -0.05) is 6.07 Å². The highest BCUT2D eigenvalue weighted by molar-refractivity contribution is 9.10. The molecule has 0 aliphatic heterocycles. The Hall–Kier alpha value is -1.62. The van der Waals surface area contributed by atoms with Crippen molar-refractivity contribution in [2.45, 2.75) is 6.54 Å². The van der Waals surface area contributed by atoms with Crippen LogP contribution in [0.3, 0.4) is 0 Å². The highest BCUT2D eigenvalue weighted by Crippen LogP contribution is 2.15. The molecule has 2 aromatic rings. The molecule has 5 heteroatoms. The van der Waals surface area contributed by atoms with E-state index in [-0.39, 0.29) is 0 Å². The van der Waals surface area contributed by atoms with Gasteiger partial charge in [0.1, 0.15) is 0 Å². The van der Waals surface area contributed by atoms with Crippen LogP contribution in [-0.4, -0.2) is 17.1 Å². The van der Waals surface area contributed by atoms with Crippen molar-refractivity contribution in [3.63, 3.8) is 0 Å². The Balaban J connectivity index is 1.97. The van der Waals surface area contributed by atoms with Gasteiger partial charge in [0.25, 0.3) is 0 Å². The van der Waals surface area contributed by atoms with Gasteiger partial charge in [-0.2, -0.15) is 0 Å². The Morgan fingerprint density at radius 3 is 2.82 bits per heavy atom. The molecule has 4 nitrogen and oxygen atoms in total. The molecule has 0 spiro atoms. The average Bonchev–Trinajstić information content (AvgIpc) is 2.37. The van der Waals surface area contributed by atoms with E-state index >= 15 is 0 Å². The van der Waals surface area contributed by atoms with Crippen LogP contribution < -0.4 is 10.1 Å². The van der Waals surface area contributed by atoms with Crippen molar-refractivity contribution in [2.24, 2.45) is 0 Å². The van der Waals surface area contributed by atoms with Gasteiger partial charge in [0.15, 0.2) is 0 Å². The highest BCUT2D eigenvalue weighted by atomic mass is 79.9. The molecule has 2 rings (SSSR count). The summed E-state index contributed by atoms with van der Waals surface area (Å²) in [6.07, 6.45) is 5.32. The molecule has 0 bridgehead atoms. The van der Waals surface area contributed by atoms with Crippen LogP contribution in [0.5, 0.6) is 5.88 Å². The topological polar surface area (TPSA) is 47.0 Å². The fraction of sp³-hybridized carbons (Fsp3) is 0.167. The Kier molecular flexibility index (Phi) is 3.93. The van der Waals surface area contributed by atoms with Gasteiger partial charge in [-0.15, -0.1) is 0 Å². The van der Waals surface area contributed by atoms with Gasteiger partial charge in [-0.05, 0) is 27.6 Å². The summed E-state index contributed by atoms with van der Waals surface area (Å²) in [5, 5.41) is 3.27. The van der Waals surface area contributed by atoms with Crippen molar-refractivity contribution < 1.29 is 4.74 Å². The summed E-state index contributed by atoms with van der Waals surface area (Å²) >= 11 is 3.38. The number of anilines is 1. The lowest BCUT2D eigenvalue weighted by atomic mass is 10.3. The molecule has 0 aliphatic carbocycles. The van der Waals surface area contributed by atoms with Crippen LogP contribution in [0.1, 0.15) is 5.56 Å². The van der Waals surface area contributed by atoms with Crippen molar-refractivity contribution >= 4 is 21.6 Å². The molecule has 0 aliphatic rings. The summed E-state index contributed by atoms with van der Waals surface area (Å²) in [6.45, 7) is 0.703. The lowest BCUT2D eigenvalue weighted by Crippen LogP contribution is -2.00. The SMILES string of the molecule is COc1ccc(CNc2cncc(Br)c2)cn1. The van der Waals surface area contributed by atoms with Crippen LogP contribution in [0.25, 0.3) is 0 Å². The summed E-state index contributed by atoms with van der Waals surface area (Å²) < 4.78 is 5.95. The van der Waals surface area contributed by atoms with Crippen molar-refractivity contribution in [1.29, 1.82) is 0 Å². The minimum atomic E-state index is 0.623. The number of halogens is 1. The monoisotopic (exact) mass is 293 g/mol. The Labute approximate surface area is 108 Å². The maximum absolute atomic E-state index is 5.00. The standard InChI is InChI=1S/C12H12BrN3O/c1-17-12-3-2-9(6-16-12)5-15-11-4-10(13)7-14-8-11/h2-4,6-8,15H,5H2,1H3. The number of nitrogens with one attached hydrogen (secondary N) is 1. The largest absolute Gasteiger partial charge is 0.481 e. The van der Waals surface area contributed by atoms with Crippen LogP contribution >= 0.6 is 15.9 Å². The lowest BCUT2D eigenvalue weighted by molar-refractivity contribution is 0.397. The molecule has 2 heterocycles. The van der Waals surface area contributed by atoms with Crippen LogP contribution in [0.15, 0.2) is 41.3 Å². The molecule has 0 aromatic carbocycles. The van der Waals surface area contributed by atoms with Crippen LogP contribution in [0.2, 0.25) is 0 Å². The number of hydrogen-bond acceptors (Lipinski definition) is 4. The highest BCUT2D eigenvalue weighted by Gasteiger charge is 1.97. The third kappa shape index (κ3) is 3.42. The first-order valence-corrected chi connectivity index (χ1v) is 5.90. The molecule has 17 heavy (non-hydrogen) atoms. The third-order valence-corrected chi connectivity index (χ3v) is 2.64. The first-order chi connectivity index (χ1) is 8.28. The van der Waals surface area contributed by atoms with E-state index in [9.17, 15) is 0 Å². The Morgan fingerprint density at radius 1 is 1.29 bits per heavy atom. The number of hydrogen-bond donors (Lipinski definition) is 1. The van der Waals surface area contributed by atoms with Gasteiger partial charge in [0.2, 0.25) is 5.88 Å². The van der Waals surface area contributed by atoms with E-state index in [4.69, 9.17) is 4.74 Å². The van der Waals surface area contributed by atoms with E-state index in [1.165, 1.54) is 0 Å². The minimum Gasteiger partial charge on any atom is -0.481 e. The number of methoxy groups -OCH3 is 1. The third-order valence-electron chi connectivity index (χ3n) is 2.21.